The Kier molecular flexibility index (Phi) is 1.88. The monoisotopic (exact) mass is 127 g/mol. The molecule has 0 spiro atoms. The van der Waals surface area contributed by atoms with Crippen molar-refractivity contribution in [2.75, 3.05) is 6.61 Å². The van der Waals surface area contributed by atoms with Crippen molar-refractivity contribution in [2.45, 2.75) is 26.0 Å². The molecule has 1 rings (SSSR count). The summed E-state index contributed by atoms with van der Waals surface area (Å²) in [6.45, 7) is 4.77. The summed E-state index contributed by atoms with van der Waals surface area (Å²) in [5, 5.41) is 0. The summed E-state index contributed by atoms with van der Waals surface area (Å²) in [6, 6.07) is 0.0961. The maximum Gasteiger partial charge on any atom is 0.0738 e. The Morgan fingerprint density at radius 2 is 2.44 bits per heavy atom. The van der Waals surface area contributed by atoms with Gasteiger partial charge < -0.3 is 10.5 Å². The number of rotatable bonds is 0. The van der Waals surface area contributed by atoms with Crippen LogP contribution >= 0.6 is 0 Å². The van der Waals surface area contributed by atoms with Gasteiger partial charge in [0.05, 0.1) is 12.7 Å². The minimum Gasteiger partial charge on any atom is -0.372 e. The molecule has 1 heterocycles. The van der Waals surface area contributed by atoms with E-state index in [9.17, 15) is 0 Å². The van der Waals surface area contributed by atoms with Crippen LogP contribution in [0.3, 0.4) is 0 Å². The van der Waals surface area contributed by atoms with E-state index in [4.69, 9.17) is 10.5 Å². The van der Waals surface area contributed by atoms with Gasteiger partial charge in [0.15, 0.2) is 0 Å². The molecule has 0 bridgehead atoms. The maximum atomic E-state index is 5.67. The van der Waals surface area contributed by atoms with Crippen molar-refractivity contribution in [3.63, 3.8) is 0 Å². The third-order valence-corrected chi connectivity index (χ3v) is 1.59. The van der Waals surface area contributed by atoms with Crippen molar-refractivity contribution in [3.8, 4) is 0 Å². The highest BCUT2D eigenvalue weighted by Crippen LogP contribution is 2.09. The van der Waals surface area contributed by atoms with Gasteiger partial charge in [0.1, 0.15) is 0 Å². The third kappa shape index (κ3) is 1.53. The number of nitrogens with two attached hydrogens (primary N) is 1. The first-order valence-electron chi connectivity index (χ1n) is 3.24. The van der Waals surface area contributed by atoms with Crippen molar-refractivity contribution in [1.82, 2.24) is 0 Å². The largest absolute Gasteiger partial charge is 0.372 e. The smallest absolute Gasteiger partial charge is 0.0738 e. The molecule has 0 saturated carbocycles. The lowest BCUT2D eigenvalue weighted by atomic mass is 10.1. The molecule has 2 N–H and O–H groups in total. The Balaban J connectivity index is 2.58. The maximum absolute atomic E-state index is 5.67. The molecule has 0 aliphatic carbocycles. The minimum atomic E-state index is 0.0961. The van der Waals surface area contributed by atoms with Gasteiger partial charge in [-0.2, -0.15) is 0 Å². The lowest BCUT2D eigenvalue weighted by molar-refractivity contribution is 0.0637. The van der Waals surface area contributed by atoms with Crippen LogP contribution in [0.25, 0.3) is 0 Å². The van der Waals surface area contributed by atoms with Gasteiger partial charge in [-0.1, -0.05) is 11.6 Å². The van der Waals surface area contributed by atoms with Crippen LogP contribution in [0.2, 0.25) is 0 Å². The van der Waals surface area contributed by atoms with Gasteiger partial charge >= 0.3 is 0 Å². The fourth-order valence-corrected chi connectivity index (χ4v) is 0.886. The number of hydrogen-bond acceptors (Lipinski definition) is 2. The molecule has 0 unspecified atom stereocenters. The van der Waals surface area contributed by atoms with Crippen molar-refractivity contribution in [3.05, 3.63) is 11.6 Å². The van der Waals surface area contributed by atoms with Crippen LogP contribution in [-0.2, 0) is 4.74 Å². The highest BCUT2D eigenvalue weighted by molar-refractivity contribution is 5.08. The van der Waals surface area contributed by atoms with Crippen LogP contribution in [0.15, 0.2) is 11.6 Å². The highest BCUT2D eigenvalue weighted by atomic mass is 16.5. The molecular formula is C7H13NO. The lowest BCUT2D eigenvalue weighted by Gasteiger charge is -2.23. The van der Waals surface area contributed by atoms with E-state index in [1.54, 1.807) is 0 Å². The summed E-state index contributed by atoms with van der Waals surface area (Å²) in [5.41, 5.74) is 6.90. The summed E-state index contributed by atoms with van der Waals surface area (Å²) >= 11 is 0. The van der Waals surface area contributed by atoms with Gasteiger partial charge in [0.2, 0.25) is 0 Å². The molecule has 0 aromatic rings. The van der Waals surface area contributed by atoms with Gasteiger partial charge in [0.25, 0.3) is 0 Å². The van der Waals surface area contributed by atoms with Gasteiger partial charge in [-0.15, -0.1) is 0 Å². The van der Waals surface area contributed by atoms with Crippen molar-refractivity contribution >= 4 is 0 Å². The SMILES string of the molecule is CC1=C[C@@H](N)[C@@H](C)OC1. The molecule has 1 aliphatic rings. The summed E-state index contributed by atoms with van der Waals surface area (Å²) in [4.78, 5) is 0. The first kappa shape index (κ1) is 6.78. The Hall–Kier alpha value is -0.340. The molecule has 2 nitrogen and oxygen atoms in total. The van der Waals surface area contributed by atoms with Crippen molar-refractivity contribution < 1.29 is 4.74 Å². The molecule has 1 aliphatic heterocycles. The molecule has 0 fully saturated rings. The highest BCUT2D eigenvalue weighted by Gasteiger charge is 2.14. The first-order valence-corrected chi connectivity index (χ1v) is 3.24. The Morgan fingerprint density at radius 3 is 2.89 bits per heavy atom. The predicted octanol–water partition coefficient (Wildman–Crippen LogP) is 0.679. The van der Waals surface area contributed by atoms with E-state index in [-0.39, 0.29) is 12.1 Å². The van der Waals surface area contributed by atoms with Crippen LogP contribution in [0, 0.1) is 0 Å². The Morgan fingerprint density at radius 1 is 1.78 bits per heavy atom. The van der Waals surface area contributed by atoms with Crippen molar-refractivity contribution in [2.24, 2.45) is 5.73 Å². The zero-order chi connectivity index (χ0) is 6.85. The molecular weight excluding hydrogens is 114 g/mol. The van der Waals surface area contributed by atoms with E-state index in [1.165, 1.54) is 5.57 Å². The van der Waals surface area contributed by atoms with E-state index in [0.29, 0.717) is 0 Å². The topological polar surface area (TPSA) is 35.2 Å². The van der Waals surface area contributed by atoms with Gasteiger partial charge in [-0.25, -0.2) is 0 Å². The molecule has 2 atom stereocenters. The second-order valence-corrected chi connectivity index (χ2v) is 2.61. The van der Waals surface area contributed by atoms with E-state index in [0.717, 1.165) is 6.61 Å². The predicted molar refractivity (Wildman–Crippen MR) is 37.1 cm³/mol. The number of hydrogen-bond donors (Lipinski definition) is 1. The fourth-order valence-electron chi connectivity index (χ4n) is 0.886. The summed E-state index contributed by atoms with van der Waals surface area (Å²) in [5.74, 6) is 0. The quantitative estimate of drug-likeness (QED) is 0.486. The fraction of sp³-hybridized carbons (Fsp3) is 0.714. The average molecular weight is 127 g/mol. The zero-order valence-electron chi connectivity index (χ0n) is 5.92. The van der Waals surface area contributed by atoms with Crippen LogP contribution in [0.4, 0.5) is 0 Å². The van der Waals surface area contributed by atoms with Gasteiger partial charge in [-0.3, -0.25) is 0 Å². The summed E-state index contributed by atoms with van der Waals surface area (Å²) in [7, 11) is 0. The number of ether oxygens (including phenoxy) is 1. The van der Waals surface area contributed by atoms with Crippen LogP contribution < -0.4 is 5.73 Å². The van der Waals surface area contributed by atoms with E-state index >= 15 is 0 Å². The van der Waals surface area contributed by atoms with Crippen LogP contribution in [-0.4, -0.2) is 18.8 Å². The van der Waals surface area contributed by atoms with Crippen molar-refractivity contribution in [1.29, 1.82) is 0 Å². The summed E-state index contributed by atoms with van der Waals surface area (Å²) in [6.07, 6.45) is 2.25. The molecule has 52 valence electrons. The second-order valence-electron chi connectivity index (χ2n) is 2.61. The third-order valence-electron chi connectivity index (χ3n) is 1.59. The van der Waals surface area contributed by atoms with E-state index in [1.807, 2.05) is 13.8 Å². The van der Waals surface area contributed by atoms with Crippen LogP contribution in [0.1, 0.15) is 13.8 Å². The van der Waals surface area contributed by atoms with Crippen LogP contribution in [0.5, 0.6) is 0 Å². The summed E-state index contributed by atoms with van der Waals surface area (Å²) < 4.78 is 5.31. The van der Waals surface area contributed by atoms with E-state index < -0.39 is 0 Å². The molecule has 0 saturated heterocycles. The Bertz CT molecular complexity index is 131. The van der Waals surface area contributed by atoms with Gasteiger partial charge in [-0.05, 0) is 13.8 Å². The average Bonchev–Trinajstić information content (AvgIpc) is 1.80. The molecule has 0 amide bonds. The Labute approximate surface area is 55.7 Å². The standard InChI is InChI=1S/C7H13NO/c1-5-3-7(8)6(2)9-4-5/h3,6-7H,4,8H2,1-2H3/t6-,7-/m1/s1. The normalized spacial score (nSPS) is 36.1. The minimum absolute atomic E-state index is 0.0961. The van der Waals surface area contributed by atoms with Gasteiger partial charge in [0, 0.05) is 6.04 Å². The molecule has 2 heteroatoms. The molecule has 9 heavy (non-hydrogen) atoms. The molecule has 0 aromatic carbocycles. The zero-order valence-corrected chi connectivity index (χ0v) is 5.92. The lowest BCUT2D eigenvalue weighted by Crippen LogP contribution is -2.36. The molecule has 0 aromatic heterocycles. The molecule has 0 radical (unpaired) electrons. The first-order chi connectivity index (χ1) is 4.20. The van der Waals surface area contributed by atoms with E-state index in [2.05, 4.69) is 6.08 Å². The second kappa shape index (κ2) is 2.50.